The Bertz CT molecular complexity index is 720. The Hall–Kier alpha value is -1.66. The summed E-state index contributed by atoms with van der Waals surface area (Å²) in [5, 5.41) is 2.47. The van der Waals surface area contributed by atoms with Gasteiger partial charge in [-0.2, -0.15) is 0 Å². The summed E-state index contributed by atoms with van der Waals surface area (Å²) in [6.45, 7) is 0. The smallest absolute Gasteiger partial charge is 0.195 e. The molecule has 6 heteroatoms. The second-order valence-electron chi connectivity index (χ2n) is 3.54. The fourth-order valence-corrected chi connectivity index (χ4v) is 3.31. The SMILES string of the molecule is O=Cc1c(Sc2cccc(F)c2)nc2sccn12. The minimum Gasteiger partial charge on any atom is -0.296 e. The normalized spacial score (nSPS) is 10.9. The first-order chi connectivity index (χ1) is 8.78. The summed E-state index contributed by atoms with van der Waals surface area (Å²) in [5.41, 5.74) is 0.500. The highest BCUT2D eigenvalue weighted by Gasteiger charge is 2.13. The summed E-state index contributed by atoms with van der Waals surface area (Å²) in [4.78, 5) is 17.0. The monoisotopic (exact) mass is 278 g/mol. The second-order valence-corrected chi connectivity index (χ2v) is 5.47. The van der Waals surface area contributed by atoms with Gasteiger partial charge in [-0.25, -0.2) is 9.37 Å². The number of fused-ring (bicyclic) bond motifs is 1. The molecular formula is C12H7FN2OS2. The van der Waals surface area contributed by atoms with Crippen LogP contribution in [-0.2, 0) is 0 Å². The maximum Gasteiger partial charge on any atom is 0.195 e. The molecule has 2 heterocycles. The third-order valence-corrected chi connectivity index (χ3v) is 4.13. The molecule has 1 aromatic carbocycles. The van der Waals surface area contributed by atoms with E-state index in [0.717, 1.165) is 16.1 Å². The molecule has 0 saturated carbocycles. The minimum atomic E-state index is -0.298. The molecule has 0 atom stereocenters. The van der Waals surface area contributed by atoms with E-state index in [4.69, 9.17) is 0 Å². The number of imidazole rings is 1. The number of carbonyl (C=O) groups excluding carboxylic acids is 1. The van der Waals surface area contributed by atoms with E-state index in [2.05, 4.69) is 4.98 Å². The number of carbonyl (C=O) groups is 1. The van der Waals surface area contributed by atoms with Crippen LogP contribution in [0.1, 0.15) is 10.5 Å². The fraction of sp³-hybridized carbons (Fsp3) is 0. The molecule has 90 valence electrons. The van der Waals surface area contributed by atoms with Crippen LogP contribution in [0.4, 0.5) is 4.39 Å². The summed E-state index contributed by atoms with van der Waals surface area (Å²) >= 11 is 2.74. The van der Waals surface area contributed by atoms with Crippen LogP contribution in [0.25, 0.3) is 4.96 Å². The standard InChI is InChI=1S/C12H7FN2OS2/c13-8-2-1-3-9(6-8)18-11-10(7-16)15-4-5-17-12(15)14-11/h1-7H. The zero-order valence-corrected chi connectivity index (χ0v) is 10.7. The van der Waals surface area contributed by atoms with Crippen LogP contribution in [0, 0.1) is 5.82 Å². The van der Waals surface area contributed by atoms with Crippen molar-refractivity contribution in [1.29, 1.82) is 0 Å². The number of rotatable bonds is 3. The quantitative estimate of drug-likeness (QED) is 0.688. The fourth-order valence-electron chi connectivity index (χ4n) is 1.61. The van der Waals surface area contributed by atoms with E-state index in [1.165, 1.54) is 35.2 Å². The van der Waals surface area contributed by atoms with Crippen molar-refractivity contribution >= 4 is 34.3 Å². The molecule has 0 bridgehead atoms. The van der Waals surface area contributed by atoms with E-state index in [-0.39, 0.29) is 5.82 Å². The molecule has 0 saturated heterocycles. The van der Waals surface area contributed by atoms with Crippen molar-refractivity contribution in [2.24, 2.45) is 0 Å². The van der Waals surface area contributed by atoms with Crippen LogP contribution in [-0.4, -0.2) is 15.7 Å². The summed E-state index contributed by atoms with van der Waals surface area (Å²) in [6.07, 6.45) is 2.57. The van der Waals surface area contributed by atoms with Crippen molar-refractivity contribution in [2.75, 3.05) is 0 Å². The molecule has 0 fully saturated rings. The topological polar surface area (TPSA) is 34.4 Å². The van der Waals surface area contributed by atoms with Gasteiger partial charge in [0, 0.05) is 16.5 Å². The molecule has 3 rings (SSSR count). The molecule has 0 N–H and O–H groups in total. The van der Waals surface area contributed by atoms with Crippen molar-refractivity contribution in [1.82, 2.24) is 9.38 Å². The third-order valence-electron chi connectivity index (χ3n) is 2.39. The molecule has 0 unspecified atom stereocenters. The Balaban J connectivity index is 2.04. The van der Waals surface area contributed by atoms with Gasteiger partial charge in [0.1, 0.15) is 16.5 Å². The lowest BCUT2D eigenvalue weighted by Gasteiger charge is -1.98. The van der Waals surface area contributed by atoms with Crippen LogP contribution in [0.15, 0.2) is 45.8 Å². The van der Waals surface area contributed by atoms with Crippen molar-refractivity contribution in [3.63, 3.8) is 0 Å². The summed E-state index contributed by atoms with van der Waals surface area (Å²) in [7, 11) is 0. The van der Waals surface area contributed by atoms with Gasteiger partial charge in [0.15, 0.2) is 11.2 Å². The van der Waals surface area contributed by atoms with E-state index in [9.17, 15) is 9.18 Å². The number of hydrogen-bond donors (Lipinski definition) is 0. The molecule has 2 aromatic heterocycles. The molecule has 0 aliphatic rings. The zero-order chi connectivity index (χ0) is 12.5. The number of halogens is 1. The van der Waals surface area contributed by atoms with Gasteiger partial charge < -0.3 is 0 Å². The van der Waals surface area contributed by atoms with Gasteiger partial charge >= 0.3 is 0 Å². The van der Waals surface area contributed by atoms with Gasteiger partial charge in [-0.3, -0.25) is 9.20 Å². The Morgan fingerprint density at radius 2 is 2.33 bits per heavy atom. The minimum absolute atomic E-state index is 0.298. The third kappa shape index (κ3) is 1.93. The van der Waals surface area contributed by atoms with Gasteiger partial charge in [-0.05, 0) is 18.2 Å². The number of benzene rings is 1. The van der Waals surface area contributed by atoms with Gasteiger partial charge in [-0.1, -0.05) is 17.8 Å². The molecule has 0 radical (unpaired) electrons. The number of nitrogens with zero attached hydrogens (tertiary/aromatic N) is 2. The Kier molecular flexibility index (Phi) is 2.89. The van der Waals surface area contributed by atoms with Gasteiger partial charge in [0.2, 0.25) is 0 Å². The molecule has 0 aliphatic carbocycles. The van der Waals surface area contributed by atoms with Crippen LogP contribution < -0.4 is 0 Å². The average molecular weight is 278 g/mol. The maximum atomic E-state index is 13.1. The highest BCUT2D eigenvalue weighted by molar-refractivity contribution is 7.99. The first kappa shape index (κ1) is 11.4. The van der Waals surface area contributed by atoms with Crippen molar-refractivity contribution in [3.05, 3.63) is 47.4 Å². The van der Waals surface area contributed by atoms with Crippen LogP contribution >= 0.6 is 23.1 Å². The zero-order valence-electron chi connectivity index (χ0n) is 9.04. The van der Waals surface area contributed by atoms with E-state index in [0.29, 0.717) is 10.7 Å². The average Bonchev–Trinajstić information content (AvgIpc) is 2.89. The van der Waals surface area contributed by atoms with Gasteiger partial charge in [0.05, 0.1) is 0 Å². The van der Waals surface area contributed by atoms with Gasteiger partial charge in [-0.15, -0.1) is 11.3 Å². The first-order valence-electron chi connectivity index (χ1n) is 5.12. The highest BCUT2D eigenvalue weighted by Crippen LogP contribution is 2.31. The highest BCUT2D eigenvalue weighted by atomic mass is 32.2. The second kappa shape index (κ2) is 4.55. The molecule has 18 heavy (non-hydrogen) atoms. The summed E-state index contributed by atoms with van der Waals surface area (Å²) in [5.74, 6) is -0.298. The van der Waals surface area contributed by atoms with E-state index >= 15 is 0 Å². The predicted molar refractivity (Wildman–Crippen MR) is 69.0 cm³/mol. The lowest BCUT2D eigenvalue weighted by molar-refractivity contribution is 0.111. The number of thiazole rings is 1. The van der Waals surface area contributed by atoms with E-state index in [1.807, 2.05) is 5.38 Å². The van der Waals surface area contributed by atoms with Crippen molar-refractivity contribution in [2.45, 2.75) is 9.92 Å². The van der Waals surface area contributed by atoms with Crippen LogP contribution in [0.3, 0.4) is 0 Å². The molecule has 3 aromatic rings. The Labute approximate surface area is 110 Å². The van der Waals surface area contributed by atoms with Crippen LogP contribution in [0.5, 0.6) is 0 Å². The molecule has 0 amide bonds. The molecular weight excluding hydrogens is 271 g/mol. The van der Waals surface area contributed by atoms with Crippen LogP contribution in [0.2, 0.25) is 0 Å². The first-order valence-corrected chi connectivity index (χ1v) is 6.81. The number of aromatic nitrogens is 2. The molecule has 0 aliphatic heterocycles. The van der Waals surface area contributed by atoms with E-state index in [1.54, 1.807) is 22.7 Å². The molecule has 3 nitrogen and oxygen atoms in total. The largest absolute Gasteiger partial charge is 0.296 e. The van der Waals surface area contributed by atoms with Crippen molar-refractivity contribution < 1.29 is 9.18 Å². The van der Waals surface area contributed by atoms with E-state index < -0.39 is 0 Å². The predicted octanol–water partition coefficient (Wildman–Crippen LogP) is 3.50. The summed E-state index contributed by atoms with van der Waals surface area (Å²) < 4.78 is 14.8. The summed E-state index contributed by atoms with van der Waals surface area (Å²) in [6, 6.07) is 6.23. The number of aldehydes is 1. The van der Waals surface area contributed by atoms with Gasteiger partial charge in [0.25, 0.3) is 0 Å². The lowest BCUT2D eigenvalue weighted by atomic mass is 10.4. The Morgan fingerprint density at radius 3 is 3.11 bits per heavy atom. The van der Waals surface area contributed by atoms with Crippen molar-refractivity contribution in [3.8, 4) is 0 Å². The lowest BCUT2D eigenvalue weighted by Crippen LogP contribution is -1.88. The Morgan fingerprint density at radius 1 is 1.44 bits per heavy atom. The number of hydrogen-bond acceptors (Lipinski definition) is 4. The maximum absolute atomic E-state index is 13.1. The molecule has 0 spiro atoms.